The molecule has 6 nitrogen and oxygen atoms in total. The topological polar surface area (TPSA) is 72.9 Å². The van der Waals surface area contributed by atoms with E-state index < -0.39 is 18.2 Å². The Labute approximate surface area is 130 Å². The van der Waals surface area contributed by atoms with E-state index in [-0.39, 0.29) is 29.6 Å². The Bertz CT molecular complexity index is 523. The van der Waals surface area contributed by atoms with E-state index in [2.05, 4.69) is 19.7 Å². The number of ether oxygens (including phenoxy) is 2. The molecule has 22 heavy (non-hydrogen) atoms. The normalized spacial score (nSPS) is 18.5. The quantitative estimate of drug-likeness (QED) is 0.406. The van der Waals surface area contributed by atoms with Gasteiger partial charge in [-0.05, 0) is 20.3 Å². The Morgan fingerprint density at radius 1 is 1.32 bits per heavy atom. The predicted molar refractivity (Wildman–Crippen MR) is 80.5 cm³/mol. The van der Waals surface area contributed by atoms with Crippen LogP contribution in [0.2, 0.25) is 0 Å². The van der Waals surface area contributed by atoms with Crippen LogP contribution < -0.4 is 0 Å². The number of rotatable bonds is 7. The Hall–Kier alpha value is -2.37. The van der Waals surface area contributed by atoms with Crippen LogP contribution in [0.15, 0.2) is 37.0 Å². The van der Waals surface area contributed by atoms with Gasteiger partial charge in [0.25, 0.3) is 0 Å². The summed E-state index contributed by atoms with van der Waals surface area (Å²) in [6, 6.07) is 0. The highest BCUT2D eigenvalue weighted by Crippen LogP contribution is 2.22. The Morgan fingerprint density at radius 2 is 1.91 bits per heavy atom. The van der Waals surface area contributed by atoms with Crippen molar-refractivity contribution >= 4 is 17.8 Å². The van der Waals surface area contributed by atoms with E-state index in [1.165, 1.54) is 18.7 Å². The first kappa shape index (κ1) is 17.7. The first-order valence-corrected chi connectivity index (χ1v) is 6.90. The van der Waals surface area contributed by atoms with Crippen molar-refractivity contribution in [2.24, 2.45) is 5.92 Å². The lowest BCUT2D eigenvalue weighted by molar-refractivity contribution is -0.170. The zero-order valence-electron chi connectivity index (χ0n) is 13.0. The van der Waals surface area contributed by atoms with Crippen molar-refractivity contribution in [1.29, 1.82) is 0 Å². The number of nitrogens with zero attached hydrogens (tertiary/aromatic N) is 1. The van der Waals surface area contributed by atoms with Gasteiger partial charge in [-0.2, -0.15) is 0 Å². The van der Waals surface area contributed by atoms with Crippen LogP contribution in [0.3, 0.4) is 0 Å². The van der Waals surface area contributed by atoms with E-state index in [0.717, 1.165) is 0 Å². The molecule has 0 N–H and O–H groups in total. The number of likely N-dealkylation sites (tertiary alicyclic amines) is 1. The highest BCUT2D eigenvalue weighted by atomic mass is 16.6. The van der Waals surface area contributed by atoms with Gasteiger partial charge < -0.3 is 14.4 Å². The minimum atomic E-state index is -0.982. The van der Waals surface area contributed by atoms with Gasteiger partial charge in [0.05, 0.1) is 5.92 Å². The van der Waals surface area contributed by atoms with Crippen molar-refractivity contribution in [3.05, 3.63) is 37.0 Å². The molecule has 120 valence electrons. The number of carbonyl (C=O) groups excluding carboxylic acids is 3. The molecule has 0 bridgehead atoms. The van der Waals surface area contributed by atoms with E-state index in [0.29, 0.717) is 13.0 Å². The predicted octanol–water partition coefficient (Wildman–Crippen LogP) is 1.59. The molecule has 0 saturated carbocycles. The number of hydrogen-bond donors (Lipinski definition) is 0. The molecular formula is C16H21NO5. The van der Waals surface area contributed by atoms with Gasteiger partial charge in [0.15, 0.2) is 0 Å². The Balaban J connectivity index is 2.82. The van der Waals surface area contributed by atoms with E-state index in [1.54, 1.807) is 6.08 Å². The van der Waals surface area contributed by atoms with Gasteiger partial charge in [-0.3, -0.25) is 4.79 Å². The van der Waals surface area contributed by atoms with E-state index in [4.69, 9.17) is 9.47 Å². The maximum Gasteiger partial charge on any atom is 0.335 e. The molecule has 1 saturated heterocycles. The maximum absolute atomic E-state index is 12.2. The van der Waals surface area contributed by atoms with Crippen molar-refractivity contribution < 1.29 is 23.9 Å². The van der Waals surface area contributed by atoms with Gasteiger partial charge in [-0.15, -0.1) is 6.58 Å². The molecule has 0 spiro atoms. The lowest BCUT2D eigenvalue weighted by Crippen LogP contribution is -2.44. The largest absolute Gasteiger partial charge is 0.456 e. The number of carbonyl (C=O) groups is 3. The number of esters is 2. The molecule has 1 fully saturated rings. The zero-order valence-corrected chi connectivity index (χ0v) is 13.0. The second-order valence-electron chi connectivity index (χ2n) is 5.18. The fourth-order valence-corrected chi connectivity index (χ4v) is 1.91. The highest BCUT2D eigenvalue weighted by molar-refractivity contribution is 5.88. The molecule has 1 aliphatic rings. The molecule has 1 amide bonds. The minimum absolute atomic E-state index is 0.197. The Morgan fingerprint density at radius 3 is 2.36 bits per heavy atom. The van der Waals surface area contributed by atoms with Crippen LogP contribution in [0.4, 0.5) is 0 Å². The van der Waals surface area contributed by atoms with Crippen LogP contribution in [-0.2, 0) is 23.9 Å². The third-order valence-corrected chi connectivity index (χ3v) is 3.21. The first-order valence-electron chi connectivity index (χ1n) is 6.90. The first-order chi connectivity index (χ1) is 10.3. The molecule has 1 rings (SSSR count). The highest BCUT2D eigenvalue weighted by Gasteiger charge is 2.36. The standard InChI is InChI=1S/C16H21NO5/c1-6-12-7-8-17(14(12)18)13(22-16(20)11(4)5)9-21-15(19)10(2)3/h6,12-13H,1-2,4,7-9H2,3,5H3. The summed E-state index contributed by atoms with van der Waals surface area (Å²) in [5.74, 6) is -1.78. The van der Waals surface area contributed by atoms with Crippen LogP contribution in [0.25, 0.3) is 0 Å². The van der Waals surface area contributed by atoms with Crippen molar-refractivity contribution in [3.63, 3.8) is 0 Å². The summed E-state index contributed by atoms with van der Waals surface area (Å²) in [5.41, 5.74) is 0.421. The summed E-state index contributed by atoms with van der Waals surface area (Å²) in [7, 11) is 0. The average molecular weight is 307 g/mol. The average Bonchev–Trinajstić information content (AvgIpc) is 2.83. The molecule has 2 atom stereocenters. The third-order valence-electron chi connectivity index (χ3n) is 3.21. The van der Waals surface area contributed by atoms with Gasteiger partial charge in [0, 0.05) is 17.7 Å². The molecule has 2 unspecified atom stereocenters. The third kappa shape index (κ3) is 4.31. The van der Waals surface area contributed by atoms with E-state index in [9.17, 15) is 14.4 Å². The van der Waals surface area contributed by atoms with Crippen LogP contribution in [-0.4, -0.2) is 42.1 Å². The smallest absolute Gasteiger partial charge is 0.335 e. The van der Waals surface area contributed by atoms with Gasteiger partial charge in [0.2, 0.25) is 12.1 Å². The summed E-state index contributed by atoms with van der Waals surface area (Å²) < 4.78 is 10.2. The van der Waals surface area contributed by atoms with E-state index >= 15 is 0 Å². The molecule has 1 aliphatic heterocycles. The summed E-state index contributed by atoms with van der Waals surface area (Å²) in [6.07, 6.45) is 1.16. The molecule has 0 aromatic heterocycles. The van der Waals surface area contributed by atoms with Crippen molar-refractivity contribution in [3.8, 4) is 0 Å². The number of amides is 1. The van der Waals surface area contributed by atoms with Crippen LogP contribution in [0.5, 0.6) is 0 Å². The van der Waals surface area contributed by atoms with Crippen molar-refractivity contribution in [2.75, 3.05) is 13.2 Å². The molecule has 0 aromatic rings. The van der Waals surface area contributed by atoms with Crippen molar-refractivity contribution in [2.45, 2.75) is 26.5 Å². The SMILES string of the molecule is C=CC1CCN(C(COC(=O)C(=C)C)OC(=O)C(=C)C)C1=O. The molecule has 0 radical (unpaired) electrons. The Kier molecular flexibility index (Phi) is 6.10. The van der Waals surface area contributed by atoms with Crippen LogP contribution >= 0.6 is 0 Å². The lowest BCUT2D eigenvalue weighted by Gasteiger charge is -2.27. The summed E-state index contributed by atoms with van der Waals surface area (Å²) in [5, 5.41) is 0. The molecule has 1 heterocycles. The molecule has 0 aliphatic carbocycles. The van der Waals surface area contributed by atoms with E-state index in [1.807, 2.05) is 0 Å². The second kappa shape index (κ2) is 7.59. The maximum atomic E-state index is 12.2. The fourth-order valence-electron chi connectivity index (χ4n) is 1.91. The molecular weight excluding hydrogens is 286 g/mol. The van der Waals surface area contributed by atoms with Gasteiger partial charge in [-0.25, -0.2) is 9.59 Å². The monoisotopic (exact) mass is 307 g/mol. The number of hydrogen-bond acceptors (Lipinski definition) is 5. The summed E-state index contributed by atoms with van der Waals surface area (Å²) in [6.45, 7) is 13.7. The van der Waals surface area contributed by atoms with Gasteiger partial charge >= 0.3 is 11.9 Å². The van der Waals surface area contributed by atoms with Crippen molar-refractivity contribution in [1.82, 2.24) is 4.90 Å². The van der Waals surface area contributed by atoms with Gasteiger partial charge in [-0.1, -0.05) is 19.2 Å². The molecule has 6 heteroatoms. The minimum Gasteiger partial charge on any atom is -0.456 e. The van der Waals surface area contributed by atoms with Crippen LogP contribution in [0, 0.1) is 5.92 Å². The fraction of sp³-hybridized carbons (Fsp3) is 0.438. The summed E-state index contributed by atoms with van der Waals surface area (Å²) in [4.78, 5) is 36.8. The lowest BCUT2D eigenvalue weighted by atomic mass is 10.1. The second-order valence-corrected chi connectivity index (χ2v) is 5.18. The zero-order chi connectivity index (χ0) is 16.9. The molecule has 0 aromatic carbocycles. The van der Waals surface area contributed by atoms with Gasteiger partial charge in [0.1, 0.15) is 6.61 Å². The summed E-state index contributed by atoms with van der Waals surface area (Å²) >= 11 is 0. The van der Waals surface area contributed by atoms with Crippen LogP contribution in [0.1, 0.15) is 20.3 Å².